The van der Waals surface area contributed by atoms with E-state index in [1.807, 2.05) is 10.9 Å². The van der Waals surface area contributed by atoms with Crippen LogP contribution < -0.4 is 4.74 Å². The van der Waals surface area contributed by atoms with E-state index in [9.17, 15) is 0 Å². The molecule has 5 heteroatoms. The van der Waals surface area contributed by atoms with E-state index in [0.717, 1.165) is 0 Å². The van der Waals surface area contributed by atoms with Gasteiger partial charge in [0.2, 0.25) is 0 Å². The second-order valence-electron chi connectivity index (χ2n) is 4.25. The molecule has 4 nitrogen and oxygen atoms in total. The van der Waals surface area contributed by atoms with Crippen LogP contribution in [0.2, 0.25) is 5.22 Å². The first kappa shape index (κ1) is 10.7. The van der Waals surface area contributed by atoms with Crippen LogP contribution in [-0.2, 0) is 0 Å². The fourth-order valence-electron chi connectivity index (χ4n) is 2.21. The summed E-state index contributed by atoms with van der Waals surface area (Å²) in [6.45, 7) is 0. The lowest BCUT2D eigenvalue weighted by molar-refractivity contribution is 0.346. The number of rotatable bonds is 3. The predicted octanol–water partition coefficient (Wildman–Crippen LogP) is 4.04. The van der Waals surface area contributed by atoms with E-state index in [4.69, 9.17) is 20.8 Å². The number of nitrogens with zero attached hydrogens (tertiary/aromatic N) is 2. The van der Waals surface area contributed by atoms with Gasteiger partial charge in [-0.1, -0.05) is 12.8 Å². The Morgan fingerprint density at radius 2 is 2.18 bits per heavy atom. The molecule has 0 saturated heterocycles. The molecule has 2 heterocycles. The van der Waals surface area contributed by atoms with E-state index in [1.165, 1.54) is 25.7 Å². The topological polar surface area (TPSA) is 40.2 Å². The van der Waals surface area contributed by atoms with Crippen molar-refractivity contribution >= 4 is 11.6 Å². The molecule has 90 valence electrons. The second kappa shape index (κ2) is 4.45. The summed E-state index contributed by atoms with van der Waals surface area (Å²) in [6.07, 6.45) is 8.59. The lowest BCUT2D eigenvalue weighted by Gasteiger charge is -2.08. The smallest absolute Gasteiger partial charge is 0.291 e. The van der Waals surface area contributed by atoms with Crippen LogP contribution in [-0.4, -0.2) is 9.78 Å². The molecule has 0 amide bonds. The van der Waals surface area contributed by atoms with Gasteiger partial charge in [-0.2, -0.15) is 5.10 Å². The third-order valence-corrected chi connectivity index (χ3v) is 3.25. The minimum atomic E-state index is 0.322. The molecular weight excluding hydrogens is 240 g/mol. The van der Waals surface area contributed by atoms with Crippen LogP contribution in [0.15, 0.2) is 28.9 Å². The van der Waals surface area contributed by atoms with Gasteiger partial charge in [0.25, 0.3) is 5.95 Å². The molecule has 3 rings (SSSR count). The van der Waals surface area contributed by atoms with Gasteiger partial charge in [-0.05, 0) is 24.4 Å². The number of halogens is 1. The number of hydrogen-bond acceptors (Lipinski definition) is 3. The lowest BCUT2D eigenvalue weighted by atomic mass is 10.3. The zero-order valence-corrected chi connectivity index (χ0v) is 10.1. The van der Waals surface area contributed by atoms with Gasteiger partial charge in [0.1, 0.15) is 0 Å². The SMILES string of the molecule is Clc1ccc(Oc2cnn(C3CCCC3)c2)o1. The summed E-state index contributed by atoms with van der Waals surface area (Å²) >= 11 is 5.67. The lowest BCUT2D eigenvalue weighted by Crippen LogP contribution is -2.04. The van der Waals surface area contributed by atoms with Gasteiger partial charge < -0.3 is 9.15 Å². The van der Waals surface area contributed by atoms with Crippen LogP contribution >= 0.6 is 11.6 Å². The average molecular weight is 253 g/mol. The first-order valence-electron chi connectivity index (χ1n) is 5.78. The largest absolute Gasteiger partial charge is 0.423 e. The third kappa shape index (κ3) is 2.31. The van der Waals surface area contributed by atoms with Crippen LogP contribution in [0, 0.1) is 0 Å². The molecule has 2 aromatic heterocycles. The van der Waals surface area contributed by atoms with Crippen LogP contribution in [0.3, 0.4) is 0 Å². The van der Waals surface area contributed by atoms with E-state index < -0.39 is 0 Å². The first-order chi connectivity index (χ1) is 8.31. The van der Waals surface area contributed by atoms with Gasteiger partial charge in [-0.3, -0.25) is 4.68 Å². The summed E-state index contributed by atoms with van der Waals surface area (Å²) in [5, 5.41) is 4.64. The number of hydrogen-bond donors (Lipinski definition) is 0. The summed E-state index contributed by atoms with van der Waals surface area (Å²) in [5.41, 5.74) is 0. The van der Waals surface area contributed by atoms with E-state index >= 15 is 0 Å². The quantitative estimate of drug-likeness (QED) is 0.828. The third-order valence-electron chi connectivity index (χ3n) is 3.04. The highest BCUT2D eigenvalue weighted by Crippen LogP contribution is 2.31. The van der Waals surface area contributed by atoms with Gasteiger partial charge in [0.15, 0.2) is 11.0 Å². The maximum atomic E-state index is 5.67. The Morgan fingerprint density at radius 3 is 2.88 bits per heavy atom. The van der Waals surface area contributed by atoms with Crippen molar-refractivity contribution in [3.05, 3.63) is 29.7 Å². The molecule has 0 aromatic carbocycles. The highest BCUT2D eigenvalue weighted by atomic mass is 35.5. The van der Waals surface area contributed by atoms with Gasteiger partial charge in [0.05, 0.1) is 18.4 Å². The fraction of sp³-hybridized carbons (Fsp3) is 0.417. The van der Waals surface area contributed by atoms with E-state index in [1.54, 1.807) is 18.3 Å². The molecule has 17 heavy (non-hydrogen) atoms. The molecule has 0 aliphatic heterocycles. The number of furan rings is 1. The molecule has 0 radical (unpaired) electrons. The Labute approximate surface area is 104 Å². The Hall–Kier alpha value is -1.42. The predicted molar refractivity (Wildman–Crippen MR) is 63.5 cm³/mol. The van der Waals surface area contributed by atoms with Crippen molar-refractivity contribution in [2.45, 2.75) is 31.7 Å². The Kier molecular flexibility index (Phi) is 2.81. The maximum absolute atomic E-state index is 5.67. The summed E-state index contributed by atoms with van der Waals surface area (Å²) in [4.78, 5) is 0. The van der Waals surface area contributed by atoms with Crippen molar-refractivity contribution in [3.8, 4) is 11.7 Å². The number of aromatic nitrogens is 2. The van der Waals surface area contributed by atoms with Gasteiger partial charge in [-0.25, -0.2) is 0 Å². The minimum absolute atomic E-state index is 0.322. The monoisotopic (exact) mass is 252 g/mol. The molecule has 2 aromatic rings. The molecule has 1 fully saturated rings. The molecule has 0 bridgehead atoms. The normalized spacial score (nSPS) is 16.5. The van der Waals surface area contributed by atoms with Crippen molar-refractivity contribution in [1.29, 1.82) is 0 Å². The van der Waals surface area contributed by atoms with Crippen LogP contribution in [0.4, 0.5) is 0 Å². The van der Waals surface area contributed by atoms with Gasteiger partial charge in [-0.15, -0.1) is 0 Å². The maximum Gasteiger partial charge on any atom is 0.291 e. The summed E-state index contributed by atoms with van der Waals surface area (Å²) in [7, 11) is 0. The Bertz CT molecular complexity index is 500. The molecule has 0 atom stereocenters. The van der Waals surface area contributed by atoms with Crippen molar-refractivity contribution in [1.82, 2.24) is 9.78 Å². The van der Waals surface area contributed by atoms with Crippen molar-refractivity contribution < 1.29 is 9.15 Å². The molecule has 0 N–H and O–H groups in total. The zero-order chi connectivity index (χ0) is 11.7. The second-order valence-corrected chi connectivity index (χ2v) is 4.63. The zero-order valence-electron chi connectivity index (χ0n) is 9.30. The molecule has 0 unspecified atom stereocenters. The molecule has 1 aliphatic carbocycles. The Morgan fingerprint density at radius 1 is 1.35 bits per heavy atom. The number of ether oxygens (including phenoxy) is 1. The van der Waals surface area contributed by atoms with Gasteiger partial charge in [0, 0.05) is 12.1 Å². The van der Waals surface area contributed by atoms with E-state index in [2.05, 4.69) is 5.10 Å². The average Bonchev–Trinajstić information content (AvgIpc) is 3.00. The highest BCUT2D eigenvalue weighted by molar-refractivity contribution is 6.28. The van der Waals surface area contributed by atoms with E-state index in [-0.39, 0.29) is 0 Å². The standard InChI is InChI=1S/C12H13ClN2O2/c13-11-5-6-12(17-11)16-10-7-14-15(8-10)9-3-1-2-4-9/h5-9H,1-4H2. The molecule has 1 saturated carbocycles. The summed E-state index contributed by atoms with van der Waals surface area (Å²) < 4.78 is 12.6. The summed E-state index contributed by atoms with van der Waals surface area (Å²) in [6, 6.07) is 3.86. The van der Waals surface area contributed by atoms with Crippen LogP contribution in [0.1, 0.15) is 31.7 Å². The van der Waals surface area contributed by atoms with Crippen LogP contribution in [0.25, 0.3) is 0 Å². The molecule has 1 aliphatic rings. The van der Waals surface area contributed by atoms with Gasteiger partial charge >= 0.3 is 0 Å². The fourth-order valence-corrected chi connectivity index (χ4v) is 2.35. The van der Waals surface area contributed by atoms with Crippen molar-refractivity contribution in [3.63, 3.8) is 0 Å². The molecular formula is C12H13ClN2O2. The van der Waals surface area contributed by atoms with Crippen molar-refractivity contribution in [2.24, 2.45) is 0 Å². The van der Waals surface area contributed by atoms with E-state index in [0.29, 0.717) is 23.0 Å². The van der Waals surface area contributed by atoms with Crippen LogP contribution in [0.5, 0.6) is 11.7 Å². The first-order valence-corrected chi connectivity index (χ1v) is 6.16. The minimum Gasteiger partial charge on any atom is -0.423 e. The highest BCUT2D eigenvalue weighted by Gasteiger charge is 2.18. The Balaban J connectivity index is 1.71. The summed E-state index contributed by atoms with van der Waals surface area (Å²) in [5.74, 6) is 1.07. The van der Waals surface area contributed by atoms with Crippen molar-refractivity contribution in [2.75, 3.05) is 0 Å². The molecule has 0 spiro atoms.